The molecule has 0 saturated heterocycles. The molecule has 1 aromatic heterocycles. The molecular weight excluding hydrogens is 353 g/mol. The number of nitrogens with one attached hydrogen (secondary N) is 2. The van der Waals surface area contributed by atoms with Crippen LogP contribution in [0.5, 0.6) is 0 Å². The summed E-state index contributed by atoms with van der Waals surface area (Å²) in [5.74, 6) is 0.0582. The molecule has 1 aromatic carbocycles. The number of hydrogen-bond acceptors (Lipinski definition) is 4. The molecule has 2 N–H and O–H groups in total. The third-order valence-corrected chi connectivity index (χ3v) is 5.78. The van der Waals surface area contributed by atoms with Crippen LogP contribution >= 0.6 is 23.7 Å². The monoisotopic (exact) mass is 371 g/mol. The zero-order chi connectivity index (χ0) is 17.6. The third-order valence-electron chi connectivity index (χ3n) is 4.03. The summed E-state index contributed by atoms with van der Waals surface area (Å²) in [5.41, 5.74) is 1.90. The highest BCUT2D eigenvalue weighted by Crippen LogP contribution is 2.32. The highest BCUT2D eigenvalue weighted by atomic mass is 32.2. The van der Waals surface area contributed by atoms with Crippen LogP contribution in [0.15, 0.2) is 58.6 Å². The van der Waals surface area contributed by atoms with Gasteiger partial charge >= 0.3 is 0 Å². The fourth-order valence-electron chi connectivity index (χ4n) is 2.70. The van der Waals surface area contributed by atoms with E-state index in [0.29, 0.717) is 17.2 Å². The summed E-state index contributed by atoms with van der Waals surface area (Å²) in [5, 5.41) is 8.80. The lowest BCUT2D eigenvalue weighted by atomic mass is 9.94. The quantitative estimate of drug-likeness (QED) is 0.657. The lowest BCUT2D eigenvalue weighted by Crippen LogP contribution is -2.05. The van der Waals surface area contributed by atoms with Crippen molar-refractivity contribution in [2.45, 2.75) is 17.7 Å². The van der Waals surface area contributed by atoms with Crippen molar-refractivity contribution in [3.05, 3.63) is 70.7 Å². The Hall–Kier alpha value is -2.10. The maximum atomic E-state index is 14.0. The van der Waals surface area contributed by atoms with E-state index in [0.717, 1.165) is 17.7 Å². The van der Waals surface area contributed by atoms with Crippen LogP contribution in [0.2, 0.25) is 0 Å². The Morgan fingerprint density at radius 2 is 2.28 bits per heavy atom. The first-order chi connectivity index (χ1) is 12.2. The van der Waals surface area contributed by atoms with Crippen LogP contribution in [-0.2, 0) is 6.42 Å². The minimum Gasteiger partial charge on any atom is -0.366 e. The lowest BCUT2D eigenvalue weighted by Gasteiger charge is -2.17. The summed E-state index contributed by atoms with van der Waals surface area (Å²) >= 11 is 3.18. The summed E-state index contributed by atoms with van der Waals surface area (Å²) in [4.78, 5) is 5.59. The smallest absolute Gasteiger partial charge is 0.148 e. The number of H-pyrrole nitrogens is 1. The van der Waals surface area contributed by atoms with Gasteiger partial charge in [-0.3, -0.25) is 0 Å². The van der Waals surface area contributed by atoms with Crippen LogP contribution < -0.4 is 4.72 Å². The number of halogens is 1. The molecule has 3 rings (SSSR count). The van der Waals surface area contributed by atoms with Gasteiger partial charge in [0.2, 0.25) is 0 Å². The summed E-state index contributed by atoms with van der Waals surface area (Å²) in [6.45, 7) is 0. The first kappa shape index (κ1) is 17.7. The average Bonchev–Trinajstić information content (AvgIpc) is 3.07. The molecular formula is C19H18FN3S2. The Labute approximate surface area is 155 Å². The van der Waals surface area contributed by atoms with E-state index < -0.39 is 5.82 Å². The summed E-state index contributed by atoms with van der Waals surface area (Å²) < 4.78 is 17.0. The van der Waals surface area contributed by atoms with E-state index >= 15 is 0 Å². The molecule has 0 amide bonds. The van der Waals surface area contributed by atoms with Gasteiger partial charge in [-0.05, 0) is 65.6 Å². The highest BCUT2D eigenvalue weighted by Gasteiger charge is 2.15. The van der Waals surface area contributed by atoms with Gasteiger partial charge in [0.15, 0.2) is 0 Å². The number of benzene rings is 1. The number of aromatic nitrogens is 1. The maximum absolute atomic E-state index is 14.0. The average molecular weight is 372 g/mol. The van der Waals surface area contributed by atoms with E-state index in [4.69, 9.17) is 5.26 Å². The Bertz CT molecular complexity index is 849. The van der Waals surface area contributed by atoms with Crippen molar-refractivity contribution in [2.24, 2.45) is 5.92 Å². The van der Waals surface area contributed by atoms with Gasteiger partial charge in [-0.25, -0.2) is 4.39 Å². The van der Waals surface area contributed by atoms with E-state index in [1.807, 2.05) is 18.5 Å². The maximum Gasteiger partial charge on any atom is 0.148 e. The Balaban J connectivity index is 1.64. The van der Waals surface area contributed by atoms with Crippen LogP contribution in [0.4, 0.5) is 10.1 Å². The normalized spacial score (nSPS) is 16.4. The van der Waals surface area contributed by atoms with Gasteiger partial charge in [-0.15, -0.1) is 11.8 Å². The van der Waals surface area contributed by atoms with E-state index in [2.05, 4.69) is 34.2 Å². The van der Waals surface area contributed by atoms with Gasteiger partial charge in [0, 0.05) is 17.3 Å². The SMILES string of the molecule is CSC1=CC=CC(Cc2c[nH]cc2SNc2ccc(C#N)cc2F)C1. The van der Waals surface area contributed by atoms with E-state index in [1.165, 1.54) is 28.5 Å². The second-order valence-electron chi connectivity index (χ2n) is 5.75. The largest absolute Gasteiger partial charge is 0.366 e. The molecule has 0 spiro atoms. The molecule has 1 unspecified atom stereocenters. The summed E-state index contributed by atoms with van der Waals surface area (Å²) in [7, 11) is 0. The molecule has 6 heteroatoms. The van der Waals surface area contributed by atoms with Gasteiger partial charge < -0.3 is 9.71 Å². The molecule has 3 nitrogen and oxygen atoms in total. The predicted octanol–water partition coefficient (Wildman–Crippen LogP) is 5.51. The van der Waals surface area contributed by atoms with Crippen molar-refractivity contribution < 1.29 is 4.39 Å². The molecule has 0 bridgehead atoms. The van der Waals surface area contributed by atoms with Gasteiger partial charge in [-0.2, -0.15) is 5.26 Å². The van der Waals surface area contributed by atoms with E-state index in [9.17, 15) is 4.39 Å². The van der Waals surface area contributed by atoms with Crippen molar-refractivity contribution in [1.29, 1.82) is 5.26 Å². The van der Waals surface area contributed by atoms with Crippen molar-refractivity contribution in [3.8, 4) is 6.07 Å². The van der Waals surface area contributed by atoms with Gasteiger partial charge in [0.1, 0.15) is 5.82 Å². The third kappa shape index (κ3) is 4.50. The fourth-order valence-corrected chi connectivity index (χ4v) is 4.08. The highest BCUT2D eigenvalue weighted by molar-refractivity contribution is 8.02. The molecule has 1 heterocycles. The second kappa shape index (κ2) is 8.32. The predicted molar refractivity (Wildman–Crippen MR) is 104 cm³/mol. The second-order valence-corrected chi connectivity index (χ2v) is 7.53. The molecule has 1 aliphatic carbocycles. The van der Waals surface area contributed by atoms with Crippen LogP contribution in [0.25, 0.3) is 0 Å². The molecule has 0 saturated carbocycles. The Morgan fingerprint density at radius 3 is 3.04 bits per heavy atom. The molecule has 128 valence electrons. The van der Waals surface area contributed by atoms with Crippen molar-refractivity contribution in [1.82, 2.24) is 4.98 Å². The molecule has 0 radical (unpaired) electrons. The van der Waals surface area contributed by atoms with E-state index in [1.54, 1.807) is 23.9 Å². The number of anilines is 1. The van der Waals surface area contributed by atoms with Gasteiger partial charge in [0.25, 0.3) is 0 Å². The molecule has 0 fully saturated rings. The van der Waals surface area contributed by atoms with Crippen LogP contribution in [0, 0.1) is 23.1 Å². The summed E-state index contributed by atoms with van der Waals surface area (Å²) in [6.07, 6.45) is 14.6. The molecule has 1 atom stereocenters. The van der Waals surface area contributed by atoms with Crippen LogP contribution in [-0.4, -0.2) is 11.2 Å². The Kier molecular flexibility index (Phi) is 5.90. The standard InChI is InChI=1S/C19H18FN3S2/c1-24-16-4-2-3-13(8-16)7-15-11-22-12-19(15)25-23-18-6-5-14(10-21)9-17(18)20/h2-6,9,11-13,22-23H,7-8H2,1H3. The van der Waals surface area contributed by atoms with Crippen LogP contribution in [0.1, 0.15) is 17.5 Å². The van der Waals surface area contributed by atoms with Gasteiger partial charge in [-0.1, -0.05) is 18.2 Å². The van der Waals surface area contributed by atoms with E-state index in [-0.39, 0.29) is 0 Å². The number of allylic oxidation sites excluding steroid dienone is 4. The first-order valence-electron chi connectivity index (χ1n) is 7.89. The van der Waals surface area contributed by atoms with Gasteiger partial charge in [0.05, 0.1) is 17.3 Å². The lowest BCUT2D eigenvalue weighted by molar-refractivity contribution is 0.632. The molecule has 0 aliphatic heterocycles. The van der Waals surface area contributed by atoms with Crippen molar-refractivity contribution in [3.63, 3.8) is 0 Å². The number of thioether (sulfide) groups is 1. The van der Waals surface area contributed by atoms with Crippen molar-refractivity contribution in [2.75, 3.05) is 11.0 Å². The zero-order valence-electron chi connectivity index (χ0n) is 13.8. The number of aromatic amines is 1. The zero-order valence-corrected chi connectivity index (χ0v) is 15.4. The molecule has 1 aliphatic rings. The van der Waals surface area contributed by atoms with Crippen LogP contribution in [0.3, 0.4) is 0 Å². The summed E-state index contributed by atoms with van der Waals surface area (Å²) in [6, 6.07) is 6.37. The Morgan fingerprint density at radius 1 is 1.40 bits per heavy atom. The minimum absolute atomic E-state index is 0.317. The number of nitriles is 1. The van der Waals surface area contributed by atoms with Crippen molar-refractivity contribution >= 4 is 29.4 Å². The number of rotatable bonds is 6. The first-order valence-corrected chi connectivity index (χ1v) is 9.93. The number of nitrogens with zero attached hydrogens (tertiary/aromatic N) is 1. The minimum atomic E-state index is -0.423. The topological polar surface area (TPSA) is 51.6 Å². The fraction of sp³-hybridized carbons (Fsp3) is 0.211. The number of hydrogen-bond donors (Lipinski definition) is 2. The molecule has 25 heavy (non-hydrogen) atoms. The molecule has 2 aromatic rings.